The van der Waals surface area contributed by atoms with Crippen molar-refractivity contribution in [1.29, 1.82) is 0 Å². The number of rotatable bonds is 4. The van der Waals surface area contributed by atoms with Crippen LogP contribution < -0.4 is 10.5 Å². The molecule has 4 heteroatoms. The molecule has 0 aromatic heterocycles. The van der Waals surface area contributed by atoms with Crippen molar-refractivity contribution in [3.63, 3.8) is 0 Å². The van der Waals surface area contributed by atoms with Crippen molar-refractivity contribution in [2.24, 2.45) is 5.73 Å². The van der Waals surface area contributed by atoms with E-state index in [1.165, 1.54) is 0 Å². The summed E-state index contributed by atoms with van der Waals surface area (Å²) in [5.41, 5.74) is 6.22. The summed E-state index contributed by atoms with van der Waals surface area (Å²) in [5, 5.41) is 0.531. The molecule has 1 atom stereocenters. The first-order valence-corrected chi connectivity index (χ1v) is 5.59. The Bertz CT molecular complexity index is 368. The lowest BCUT2D eigenvalue weighted by molar-refractivity contribution is 0.217. The molecular formula is C11H14ClNOS. The SMILES string of the molecule is CCC(C)Oc1cccc(Cl)c1C(N)=S. The van der Waals surface area contributed by atoms with Gasteiger partial charge in [0.25, 0.3) is 0 Å². The highest BCUT2D eigenvalue weighted by Crippen LogP contribution is 2.27. The van der Waals surface area contributed by atoms with Crippen LogP contribution in [0.5, 0.6) is 5.75 Å². The van der Waals surface area contributed by atoms with Gasteiger partial charge in [-0.1, -0.05) is 36.8 Å². The summed E-state index contributed by atoms with van der Waals surface area (Å²) in [7, 11) is 0. The van der Waals surface area contributed by atoms with Gasteiger partial charge in [0.2, 0.25) is 0 Å². The second kappa shape index (κ2) is 5.33. The molecule has 1 unspecified atom stereocenters. The molecule has 0 aliphatic heterocycles. The van der Waals surface area contributed by atoms with Crippen molar-refractivity contribution < 1.29 is 4.74 Å². The van der Waals surface area contributed by atoms with Gasteiger partial charge >= 0.3 is 0 Å². The second-order valence-electron chi connectivity index (χ2n) is 3.31. The quantitative estimate of drug-likeness (QED) is 0.826. The highest BCUT2D eigenvalue weighted by atomic mass is 35.5. The lowest BCUT2D eigenvalue weighted by Gasteiger charge is -2.16. The first-order chi connectivity index (χ1) is 7.06. The van der Waals surface area contributed by atoms with E-state index in [-0.39, 0.29) is 11.1 Å². The molecule has 0 spiro atoms. The van der Waals surface area contributed by atoms with Crippen LogP contribution in [0, 0.1) is 0 Å². The van der Waals surface area contributed by atoms with Gasteiger partial charge in [0.15, 0.2) is 0 Å². The predicted molar refractivity (Wildman–Crippen MR) is 67.7 cm³/mol. The molecule has 1 aromatic rings. The van der Waals surface area contributed by atoms with Crippen LogP contribution in [-0.4, -0.2) is 11.1 Å². The fourth-order valence-corrected chi connectivity index (χ4v) is 1.68. The average Bonchev–Trinajstić information content (AvgIpc) is 2.17. The molecule has 0 saturated heterocycles. The van der Waals surface area contributed by atoms with Gasteiger partial charge in [-0.2, -0.15) is 0 Å². The molecular weight excluding hydrogens is 230 g/mol. The number of nitrogens with two attached hydrogens (primary N) is 1. The van der Waals surface area contributed by atoms with E-state index in [1.807, 2.05) is 19.1 Å². The first-order valence-electron chi connectivity index (χ1n) is 4.81. The number of halogens is 1. The van der Waals surface area contributed by atoms with Crippen molar-refractivity contribution in [1.82, 2.24) is 0 Å². The van der Waals surface area contributed by atoms with E-state index in [9.17, 15) is 0 Å². The summed E-state index contributed by atoms with van der Waals surface area (Å²) in [5.74, 6) is 0.657. The molecule has 2 nitrogen and oxygen atoms in total. The Morgan fingerprint density at radius 2 is 2.27 bits per heavy atom. The van der Waals surface area contributed by atoms with Crippen LogP contribution in [0.3, 0.4) is 0 Å². The lowest BCUT2D eigenvalue weighted by atomic mass is 10.2. The van der Waals surface area contributed by atoms with Crippen molar-refractivity contribution in [2.45, 2.75) is 26.4 Å². The Morgan fingerprint density at radius 1 is 1.60 bits per heavy atom. The third kappa shape index (κ3) is 3.08. The van der Waals surface area contributed by atoms with Crippen molar-refractivity contribution in [3.05, 3.63) is 28.8 Å². The van der Waals surface area contributed by atoms with Crippen LogP contribution in [0.2, 0.25) is 5.02 Å². The Balaban J connectivity index is 3.06. The molecule has 0 heterocycles. The van der Waals surface area contributed by atoms with E-state index in [0.717, 1.165) is 6.42 Å². The zero-order valence-corrected chi connectivity index (χ0v) is 10.4. The van der Waals surface area contributed by atoms with E-state index in [0.29, 0.717) is 16.3 Å². The van der Waals surface area contributed by atoms with Gasteiger partial charge in [0.05, 0.1) is 16.7 Å². The van der Waals surface area contributed by atoms with Crippen LogP contribution in [-0.2, 0) is 0 Å². The number of hydrogen-bond acceptors (Lipinski definition) is 2. The van der Waals surface area contributed by atoms with Gasteiger partial charge in [-0.3, -0.25) is 0 Å². The Kier molecular flexibility index (Phi) is 4.36. The minimum atomic E-state index is 0.122. The number of thiocarbonyl (C=S) groups is 1. The van der Waals surface area contributed by atoms with E-state index in [1.54, 1.807) is 6.07 Å². The number of benzene rings is 1. The van der Waals surface area contributed by atoms with Crippen LogP contribution >= 0.6 is 23.8 Å². The van der Waals surface area contributed by atoms with Crippen LogP contribution in [0.15, 0.2) is 18.2 Å². The molecule has 15 heavy (non-hydrogen) atoms. The van der Waals surface area contributed by atoms with Crippen molar-refractivity contribution in [2.75, 3.05) is 0 Å². The third-order valence-corrected chi connectivity index (χ3v) is 2.64. The highest BCUT2D eigenvalue weighted by molar-refractivity contribution is 7.80. The summed E-state index contributed by atoms with van der Waals surface area (Å²) in [4.78, 5) is 0.263. The lowest BCUT2D eigenvalue weighted by Crippen LogP contribution is -2.16. The Morgan fingerprint density at radius 3 is 2.80 bits per heavy atom. The summed E-state index contributed by atoms with van der Waals surface area (Å²) in [6.45, 7) is 4.04. The van der Waals surface area contributed by atoms with E-state index < -0.39 is 0 Å². The van der Waals surface area contributed by atoms with Crippen molar-refractivity contribution >= 4 is 28.8 Å². The maximum atomic E-state index is 6.00. The third-order valence-electron chi connectivity index (χ3n) is 2.12. The number of hydrogen-bond donors (Lipinski definition) is 1. The van der Waals surface area contributed by atoms with Gasteiger partial charge in [0.1, 0.15) is 10.7 Å². The van der Waals surface area contributed by atoms with Gasteiger partial charge in [-0.25, -0.2) is 0 Å². The van der Waals surface area contributed by atoms with Crippen LogP contribution in [0.1, 0.15) is 25.8 Å². The fourth-order valence-electron chi connectivity index (χ4n) is 1.14. The van der Waals surface area contributed by atoms with Gasteiger partial charge < -0.3 is 10.5 Å². The topological polar surface area (TPSA) is 35.2 Å². The standard InChI is InChI=1S/C11H14ClNOS/c1-3-7(2)14-9-6-4-5-8(12)10(9)11(13)15/h4-7H,3H2,1-2H3,(H2,13,15). The summed E-state index contributed by atoms with van der Waals surface area (Å²) in [6, 6.07) is 5.40. The molecule has 0 radical (unpaired) electrons. The van der Waals surface area contributed by atoms with E-state index >= 15 is 0 Å². The smallest absolute Gasteiger partial charge is 0.131 e. The Hall–Kier alpha value is -0.800. The highest BCUT2D eigenvalue weighted by Gasteiger charge is 2.12. The molecule has 0 amide bonds. The molecule has 1 aromatic carbocycles. The van der Waals surface area contributed by atoms with E-state index in [2.05, 4.69) is 6.92 Å². The van der Waals surface area contributed by atoms with Crippen LogP contribution in [0.4, 0.5) is 0 Å². The maximum Gasteiger partial charge on any atom is 0.131 e. The average molecular weight is 244 g/mol. The fraction of sp³-hybridized carbons (Fsp3) is 0.364. The summed E-state index contributed by atoms with van der Waals surface area (Å²) < 4.78 is 5.68. The Labute approximate surface area is 100 Å². The first kappa shape index (κ1) is 12.3. The predicted octanol–water partition coefficient (Wildman–Crippen LogP) is 3.15. The second-order valence-corrected chi connectivity index (χ2v) is 4.16. The van der Waals surface area contributed by atoms with Gasteiger partial charge in [0, 0.05) is 0 Å². The van der Waals surface area contributed by atoms with E-state index in [4.69, 9.17) is 34.3 Å². The molecule has 1 rings (SSSR count). The molecule has 0 aliphatic carbocycles. The summed E-state index contributed by atoms with van der Waals surface area (Å²) >= 11 is 10.9. The minimum absolute atomic E-state index is 0.122. The normalized spacial score (nSPS) is 12.2. The zero-order valence-electron chi connectivity index (χ0n) is 8.79. The molecule has 2 N–H and O–H groups in total. The van der Waals surface area contributed by atoms with Gasteiger partial charge in [-0.05, 0) is 25.5 Å². The monoisotopic (exact) mass is 243 g/mol. The van der Waals surface area contributed by atoms with Crippen molar-refractivity contribution in [3.8, 4) is 5.75 Å². The zero-order chi connectivity index (χ0) is 11.4. The maximum absolute atomic E-state index is 6.00. The minimum Gasteiger partial charge on any atom is -0.490 e. The van der Waals surface area contributed by atoms with Crippen LogP contribution in [0.25, 0.3) is 0 Å². The molecule has 0 bridgehead atoms. The molecule has 0 aliphatic rings. The molecule has 0 saturated carbocycles. The van der Waals surface area contributed by atoms with Gasteiger partial charge in [-0.15, -0.1) is 0 Å². The summed E-state index contributed by atoms with van der Waals surface area (Å²) in [6.07, 6.45) is 1.04. The largest absolute Gasteiger partial charge is 0.490 e. The number of ether oxygens (including phenoxy) is 1. The molecule has 82 valence electrons. The molecule has 0 fully saturated rings.